The summed E-state index contributed by atoms with van der Waals surface area (Å²) in [5.41, 5.74) is 0.240. The van der Waals surface area contributed by atoms with Crippen molar-refractivity contribution in [3.05, 3.63) is 29.6 Å². The van der Waals surface area contributed by atoms with E-state index in [9.17, 15) is 14.3 Å². The largest absolute Gasteiger partial charge is 0.494 e. The van der Waals surface area contributed by atoms with Crippen molar-refractivity contribution in [2.45, 2.75) is 50.5 Å². The van der Waals surface area contributed by atoms with E-state index in [1.54, 1.807) is 13.0 Å². The van der Waals surface area contributed by atoms with Crippen molar-refractivity contribution in [1.82, 2.24) is 4.90 Å². The first-order valence-electron chi connectivity index (χ1n) is 9.16. The van der Waals surface area contributed by atoms with Crippen LogP contribution in [0.5, 0.6) is 5.75 Å². The maximum atomic E-state index is 14.5. The average Bonchev–Trinajstić information content (AvgIpc) is 2.96. The molecule has 1 heterocycles. The Morgan fingerprint density at radius 1 is 1.32 bits per heavy atom. The smallest absolute Gasteiger partial charge is 0.225 e. The predicted molar refractivity (Wildman–Crippen MR) is 91.9 cm³/mol. The van der Waals surface area contributed by atoms with Gasteiger partial charge in [0.1, 0.15) is 0 Å². The number of hydrogen-bond donors (Lipinski definition) is 1. The van der Waals surface area contributed by atoms with Gasteiger partial charge < -0.3 is 14.7 Å². The highest BCUT2D eigenvalue weighted by Gasteiger charge is 2.53. The van der Waals surface area contributed by atoms with Crippen LogP contribution in [0, 0.1) is 17.2 Å². The maximum Gasteiger partial charge on any atom is 0.225 e. The number of amides is 1. The molecule has 0 aromatic heterocycles. The second-order valence-corrected chi connectivity index (χ2v) is 8.60. The maximum absolute atomic E-state index is 14.5. The van der Waals surface area contributed by atoms with Gasteiger partial charge in [-0.2, -0.15) is 0 Å². The lowest BCUT2D eigenvalue weighted by atomic mass is 9.69. The SMILES string of the molecule is COc1cccc([C@@H]2CCC3(C2)CN(C(=O)C2CC(C)(O)C2)C3)c1F. The summed E-state index contributed by atoms with van der Waals surface area (Å²) in [6.45, 7) is 3.36. The molecule has 3 fully saturated rings. The number of hydrogen-bond acceptors (Lipinski definition) is 3. The summed E-state index contributed by atoms with van der Waals surface area (Å²) in [7, 11) is 1.49. The van der Waals surface area contributed by atoms with E-state index in [1.165, 1.54) is 7.11 Å². The summed E-state index contributed by atoms with van der Waals surface area (Å²) >= 11 is 0. The lowest BCUT2D eigenvalue weighted by molar-refractivity contribution is -0.161. The van der Waals surface area contributed by atoms with Crippen LogP contribution in [0.25, 0.3) is 0 Å². The standard InChI is InChI=1S/C20H26FNO3/c1-19(24)8-14(9-19)18(23)22-11-20(12-22)7-6-13(10-20)15-4-3-5-16(25-2)17(15)21/h3-5,13-14,24H,6-12H2,1-2H3/t13-,14?,19?/m1/s1. The molecule has 4 rings (SSSR count). The topological polar surface area (TPSA) is 49.8 Å². The lowest BCUT2D eigenvalue weighted by Gasteiger charge is -2.52. The summed E-state index contributed by atoms with van der Waals surface area (Å²) in [5.74, 6) is 0.447. The van der Waals surface area contributed by atoms with Gasteiger partial charge in [-0.1, -0.05) is 12.1 Å². The molecule has 4 nitrogen and oxygen atoms in total. The van der Waals surface area contributed by atoms with E-state index in [1.807, 2.05) is 17.0 Å². The quantitative estimate of drug-likeness (QED) is 0.914. The molecule has 2 saturated carbocycles. The third-order valence-electron chi connectivity index (χ3n) is 6.44. The summed E-state index contributed by atoms with van der Waals surface area (Å²) in [4.78, 5) is 14.4. The van der Waals surface area contributed by atoms with Crippen molar-refractivity contribution in [2.75, 3.05) is 20.2 Å². The van der Waals surface area contributed by atoms with Gasteiger partial charge in [-0.25, -0.2) is 4.39 Å². The highest BCUT2D eigenvalue weighted by Crippen LogP contribution is 2.53. The van der Waals surface area contributed by atoms with Gasteiger partial charge in [0.15, 0.2) is 11.6 Å². The second-order valence-electron chi connectivity index (χ2n) is 8.60. The van der Waals surface area contributed by atoms with E-state index >= 15 is 0 Å². The Morgan fingerprint density at radius 3 is 2.68 bits per heavy atom. The van der Waals surface area contributed by atoms with Crippen LogP contribution in [0.1, 0.15) is 50.5 Å². The number of benzene rings is 1. The zero-order valence-electron chi connectivity index (χ0n) is 14.9. The Hall–Kier alpha value is -1.62. The van der Waals surface area contributed by atoms with Gasteiger partial charge in [-0.3, -0.25) is 4.79 Å². The van der Waals surface area contributed by atoms with Crippen LogP contribution in [0.15, 0.2) is 18.2 Å². The molecular formula is C20H26FNO3. The Morgan fingerprint density at radius 2 is 2.04 bits per heavy atom. The highest BCUT2D eigenvalue weighted by atomic mass is 19.1. The highest BCUT2D eigenvalue weighted by molar-refractivity contribution is 5.81. The van der Waals surface area contributed by atoms with Gasteiger partial charge in [0.05, 0.1) is 12.7 Å². The Labute approximate surface area is 148 Å². The first-order chi connectivity index (χ1) is 11.8. The molecule has 3 aliphatic rings. The summed E-state index contributed by atoms with van der Waals surface area (Å²) < 4.78 is 19.6. The van der Waals surface area contributed by atoms with Gasteiger partial charge in [0, 0.05) is 24.4 Å². The van der Waals surface area contributed by atoms with Crippen LogP contribution in [0.3, 0.4) is 0 Å². The average molecular weight is 347 g/mol. The predicted octanol–water partition coefficient (Wildman–Crippen LogP) is 3.09. The molecule has 2 aliphatic carbocycles. The summed E-state index contributed by atoms with van der Waals surface area (Å²) in [6.07, 6.45) is 4.09. The number of methoxy groups -OCH3 is 1. The van der Waals surface area contributed by atoms with Gasteiger partial charge in [0.2, 0.25) is 5.91 Å². The molecule has 25 heavy (non-hydrogen) atoms. The molecule has 0 radical (unpaired) electrons. The van der Waals surface area contributed by atoms with Crippen LogP contribution >= 0.6 is 0 Å². The minimum absolute atomic E-state index is 0.0135. The van der Waals surface area contributed by atoms with E-state index in [4.69, 9.17) is 4.74 Å². The van der Waals surface area contributed by atoms with E-state index in [-0.39, 0.29) is 29.0 Å². The van der Waals surface area contributed by atoms with Gasteiger partial charge in [0.25, 0.3) is 0 Å². The number of aliphatic hydroxyl groups is 1. The molecule has 1 atom stereocenters. The molecule has 1 N–H and O–H groups in total. The molecule has 1 aromatic rings. The minimum Gasteiger partial charge on any atom is -0.494 e. The number of carbonyl (C=O) groups excluding carboxylic acids is 1. The molecule has 1 saturated heterocycles. The molecular weight excluding hydrogens is 321 g/mol. The molecule has 1 aromatic carbocycles. The first kappa shape index (κ1) is 16.8. The van der Waals surface area contributed by atoms with Crippen LogP contribution in [0.4, 0.5) is 4.39 Å². The molecule has 0 bridgehead atoms. The fourth-order valence-corrected chi connectivity index (χ4v) is 5.11. The molecule has 1 spiro atoms. The number of likely N-dealkylation sites (tertiary alicyclic amines) is 1. The lowest BCUT2D eigenvalue weighted by Crippen LogP contribution is -2.61. The van der Waals surface area contributed by atoms with E-state index in [0.717, 1.165) is 37.9 Å². The minimum atomic E-state index is -0.661. The monoisotopic (exact) mass is 347 g/mol. The number of ether oxygens (including phenoxy) is 1. The fourth-order valence-electron chi connectivity index (χ4n) is 5.11. The van der Waals surface area contributed by atoms with Crippen LogP contribution < -0.4 is 4.74 Å². The van der Waals surface area contributed by atoms with Crippen molar-refractivity contribution in [1.29, 1.82) is 0 Å². The van der Waals surface area contributed by atoms with Crippen molar-refractivity contribution < 1.29 is 19.0 Å². The van der Waals surface area contributed by atoms with E-state index in [2.05, 4.69) is 0 Å². The van der Waals surface area contributed by atoms with Gasteiger partial charge >= 0.3 is 0 Å². The Bertz CT molecular complexity index is 688. The Balaban J connectivity index is 1.37. The third kappa shape index (κ3) is 2.82. The molecule has 1 aliphatic heterocycles. The molecule has 136 valence electrons. The van der Waals surface area contributed by atoms with Crippen LogP contribution in [0.2, 0.25) is 0 Å². The van der Waals surface area contributed by atoms with Crippen LogP contribution in [-0.4, -0.2) is 41.7 Å². The van der Waals surface area contributed by atoms with Gasteiger partial charge in [-0.05, 0) is 56.6 Å². The molecule has 5 heteroatoms. The third-order valence-corrected chi connectivity index (χ3v) is 6.44. The van der Waals surface area contributed by atoms with Crippen molar-refractivity contribution in [3.8, 4) is 5.75 Å². The van der Waals surface area contributed by atoms with Crippen LogP contribution in [-0.2, 0) is 4.79 Å². The number of rotatable bonds is 3. The first-order valence-corrected chi connectivity index (χ1v) is 9.16. The number of nitrogens with zero attached hydrogens (tertiary/aromatic N) is 1. The second kappa shape index (κ2) is 5.70. The molecule has 0 unspecified atom stereocenters. The normalized spacial score (nSPS) is 33.0. The zero-order chi connectivity index (χ0) is 17.8. The summed E-state index contributed by atoms with van der Waals surface area (Å²) in [6, 6.07) is 5.36. The number of halogens is 1. The van der Waals surface area contributed by atoms with Crippen molar-refractivity contribution >= 4 is 5.91 Å². The van der Waals surface area contributed by atoms with Gasteiger partial charge in [-0.15, -0.1) is 0 Å². The Kier molecular flexibility index (Phi) is 3.83. The van der Waals surface area contributed by atoms with E-state index in [0.29, 0.717) is 18.6 Å². The number of carbonyl (C=O) groups is 1. The van der Waals surface area contributed by atoms with E-state index < -0.39 is 5.60 Å². The van der Waals surface area contributed by atoms with Crippen molar-refractivity contribution in [2.24, 2.45) is 11.3 Å². The fraction of sp³-hybridized carbons (Fsp3) is 0.650. The van der Waals surface area contributed by atoms with Crippen molar-refractivity contribution in [3.63, 3.8) is 0 Å². The zero-order valence-corrected chi connectivity index (χ0v) is 14.9. The summed E-state index contributed by atoms with van der Waals surface area (Å²) in [5, 5.41) is 9.82. The molecule has 1 amide bonds.